The minimum atomic E-state index is -3.38. The quantitative estimate of drug-likeness (QED) is 0.786. The predicted molar refractivity (Wildman–Crippen MR) is 115 cm³/mol. The molecule has 7 nitrogen and oxygen atoms in total. The zero-order valence-electron chi connectivity index (χ0n) is 17.8. The molecule has 0 saturated carbocycles. The molecule has 1 N–H and O–H groups in total. The summed E-state index contributed by atoms with van der Waals surface area (Å²) in [6.45, 7) is 10.6. The number of hydrogen-bond acceptors (Lipinski definition) is 5. The smallest absolute Gasteiger partial charge is 0.253 e. The molecule has 162 valence electrons. The molecule has 0 bridgehead atoms. The minimum absolute atomic E-state index is 0.0337. The third kappa shape index (κ3) is 6.17. The first-order valence-electron chi connectivity index (χ1n) is 10.4. The molecule has 1 aromatic rings. The maximum atomic E-state index is 12.9. The number of aryl methyl sites for hydroxylation is 1. The molecule has 2 aliphatic heterocycles. The maximum Gasteiger partial charge on any atom is 0.253 e. The lowest BCUT2D eigenvalue weighted by atomic mass is 9.95. The summed E-state index contributed by atoms with van der Waals surface area (Å²) in [5.41, 5.74) is 1.78. The van der Waals surface area contributed by atoms with Crippen LogP contribution in [0.1, 0.15) is 42.6 Å². The first kappa shape index (κ1) is 22.1. The van der Waals surface area contributed by atoms with Gasteiger partial charge in [-0.05, 0) is 57.2 Å². The Bertz CT molecular complexity index is 824. The predicted octanol–water partition coefficient (Wildman–Crippen LogP) is 2.33. The normalized spacial score (nSPS) is 24.5. The van der Waals surface area contributed by atoms with Crippen molar-refractivity contribution in [1.29, 1.82) is 0 Å². The van der Waals surface area contributed by atoms with E-state index in [0.29, 0.717) is 17.2 Å². The monoisotopic (exact) mass is 423 g/mol. The Balaban J connectivity index is 1.57. The van der Waals surface area contributed by atoms with E-state index < -0.39 is 10.0 Å². The van der Waals surface area contributed by atoms with Crippen LogP contribution >= 0.6 is 0 Å². The number of hydrogen-bond donors (Lipinski definition) is 1. The fourth-order valence-corrected chi connectivity index (χ4v) is 4.98. The number of likely N-dealkylation sites (tertiary alicyclic amines) is 1. The number of ether oxygens (including phenoxy) is 1. The summed E-state index contributed by atoms with van der Waals surface area (Å²) < 4.78 is 31.4. The van der Waals surface area contributed by atoms with Crippen LogP contribution in [0.5, 0.6) is 0 Å². The first-order chi connectivity index (χ1) is 13.6. The van der Waals surface area contributed by atoms with E-state index in [1.165, 1.54) is 0 Å². The van der Waals surface area contributed by atoms with E-state index in [4.69, 9.17) is 4.74 Å². The number of amides is 1. The van der Waals surface area contributed by atoms with E-state index in [1.54, 1.807) is 18.2 Å². The Morgan fingerprint density at radius 3 is 2.38 bits per heavy atom. The van der Waals surface area contributed by atoms with Gasteiger partial charge in [0.15, 0.2) is 0 Å². The van der Waals surface area contributed by atoms with Crippen LogP contribution in [-0.2, 0) is 14.8 Å². The molecule has 0 aromatic heterocycles. The molecule has 2 saturated heterocycles. The number of anilines is 1. The molecule has 0 spiro atoms. The van der Waals surface area contributed by atoms with Crippen LogP contribution < -0.4 is 4.72 Å². The number of morpholine rings is 1. The fourth-order valence-electron chi connectivity index (χ4n) is 4.36. The summed E-state index contributed by atoms with van der Waals surface area (Å²) in [5, 5.41) is 0. The van der Waals surface area contributed by atoms with E-state index in [9.17, 15) is 13.2 Å². The molecule has 0 aliphatic carbocycles. The van der Waals surface area contributed by atoms with E-state index in [0.717, 1.165) is 57.4 Å². The van der Waals surface area contributed by atoms with Crippen LogP contribution in [-0.4, -0.2) is 75.3 Å². The van der Waals surface area contributed by atoms with Crippen molar-refractivity contribution < 1.29 is 17.9 Å². The van der Waals surface area contributed by atoms with Gasteiger partial charge in [-0.1, -0.05) is 6.07 Å². The van der Waals surface area contributed by atoms with E-state index in [2.05, 4.69) is 23.5 Å². The van der Waals surface area contributed by atoms with Gasteiger partial charge in [-0.3, -0.25) is 14.4 Å². The number of carbonyl (C=O) groups excluding carboxylic acids is 1. The van der Waals surface area contributed by atoms with Crippen LogP contribution in [0.4, 0.5) is 5.69 Å². The molecular formula is C21H33N3O4S. The minimum Gasteiger partial charge on any atom is -0.373 e. The number of sulfonamides is 1. The number of nitrogens with one attached hydrogen (secondary N) is 1. The summed E-state index contributed by atoms with van der Waals surface area (Å²) >= 11 is 0. The summed E-state index contributed by atoms with van der Waals surface area (Å²) in [7, 11) is -3.38. The lowest BCUT2D eigenvalue weighted by molar-refractivity contribution is -0.0728. The number of carbonyl (C=O) groups is 1. The third-order valence-electron chi connectivity index (χ3n) is 5.69. The highest BCUT2D eigenvalue weighted by Crippen LogP contribution is 2.24. The highest BCUT2D eigenvalue weighted by atomic mass is 32.2. The van der Waals surface area contributed by atoms with Gasteiger partial charge in [-0.15, -0.1) is 0 Å². The molecule has 0 radical (unpaired) electrons. The van der Waals surface area contributed by atoms with Gasteiger partial charge in [0, 0.05) is 38.3 Å². The fraction of sp³-hybridized carbons (Fsp3) is 0.667. The number of piperidine rings is 1. The van der Waals surface area contributed by atoms with E-state index >= 15 is 0 Å². The van der Waals surface area contributed by atoms with Crippen LogP contribution in [0, 0.1) is 12.8 Å². The number of benzene rings is 1. The Kier molecular flexibility index (Phi) is 6.86. The molecular weight excluding hydrogens is 390 g/mol. The van der Waals surface area contributed by atoms with Crippen LogP contribution in [0.3, 0.4) is 0 Å². The van der Waals surface area contributed by atoms with Gasteiger partial charge in [0.2, 0.25) is 10.0 Å². The molecule has 1 aromatic carbocycles. The summed E-state index contributed by atoms with van der Waals surface area (Å²) in [4.78, 5) is 17.3. The zero-order chi connectivity index (χ0) is 21.2. The molecule has 2 aliphatic rings. The van der Waals surface area contributed by atoms with Gasteiger partial charge in [0.1, 0.15) is 0 Å². The maximum absolute atomic E-state index is 12.9. The topological polar surface area (TPSA) is 79.0 Å². The van der Waals surface area contributed by atoms with Crippen molar-refractivity contribution in [3.63, 3.8) is 0 Å². The number of rotatable bonds is 5. The molecule has 2 fully saturated rings. The standard InChI is InChI=1S/C21H33N3O4S/c1-15-5-6-19(11-20(15)22-29(4,26)27)21(25)24-9-7-18(8-10-24)14-23-12-16(2)28-17(3)13-23/h5-6,11,16-18,22H,7-10,12-14H2,1-4H3. The lowest BCUT2D eigenvalue weighted by Crippen LogP contribution is -2.48. The Labute approximate surface area is 174 Å². The van der Waals surface area contributed by atoms with Gasteiger partial charge in [0.05, 0.1) is 24.2 Å². The molecule has 8 heteroatoms. The molecule has 2 heterocycles. The van der Waals surface area contributed by atoms with Crippen LogP contribution in [0.25, 0.3) is 0 Å². The zero-order valence-corrected chi connectivity index (χ0v) is 18.7. The summed E-state index contributed by atoms with van der Waals surface area (Å²) in [5.74, 6) is 0.561. The average Bonchev–Trinajstić information content (AvgIpc) is 2.62. The summed E-state index contributed by atoms with van der Waals surface area (Å²) in [6, 6.07) is 5.20. The van der Waals surface area contributed by atoms with Gasteiger partial charge in [0.25, 0.3) is 5.91 Å². The van der Waals surface area contributed by atoms with E-state index in [-0.39, 0.29) is 18.1 Å². The Morgan fingerprint density at radius 2 is 1.79 bits per heavy atom. The van der Waals surface area contributed by atoms with Crippen molar-refractivity contribution in [3.8, 4) is 0 Å². The van der Waals surface area contributed by atoms with Crippen molar-refractivity contribution in [2.24, 2.45) is 5.92 Å². The van der Waals surface area contributed by atoms with Gasteiger partial charge >= 0.3 is 0 Å². The highest BCUT2D eigenvalue weighted by Gasteiger charge is 2.28. The van der Waals surface area contributed by atoms with Crippen LogP contribution in [0.2, 0.25) is 0 Å². The average molecular weight is 424 g/mol. The molecule has 1 amide bonds. The van der Waals surface area contributed by atoms with Gasteiger partial charge in [-0.2, -0.15) is 0 Å². The van der Waals surface area contributed by atoms with Crippen molar-refractivity contribution in [2.45, 2.75) is 45.8 Å². The summed E-state index contributed by atoms with van der Waals surface area (Å²) in [6.07, 6.45) is 3.65. The Hall–Kier alpha value is -1.64. The second-order valence-electron chi connectivity index (χ2n) is 8.62. The molecule has 3 rings (SSSR count). The van der Waals surface area contributed by atoms with Crippen LogP contribution in [0.15, 0.2) is 18.2 Å². The number of nitrogens with zero attached hydrogens (tertiary/aromatic N) is 2. The lowest BCUT2D eigenvalue weighted by Gasteiger charge is -2.39. The van der Waals surface area contributed by atoms with Crippen molar-refractivity contribution in [2.75, 3.05) is 43.7 Å². The second-order valence-corrected chi connectivity index (χ2v) is 10.4. The SMILES string of the molecule is Cc1ccc(C(=O)N2CCC(CN3CC(C)OC(C)C3)CC2)cc1NS(C)(=O)=O. The highest BCUT2D eigenvalue weighted by molar-refractivity contribution is 7.92. The second kappa shape index (κ2) is 9.02. The van der Waals surface area contributed by atoms with Gasteiger partial charge < -0.3 is 9.64 Å². The molecule has 2 atom stereocenters. The van der Waals surface area contributed by atoms with Crippen molar-refractivity contribution >= 4 is 21.6 Å². The van der Waals surface area contributed by atoms with Gasteiger partial charge in [-0.25, -0.2) is 8.42 Å². The first-order valence-corrected chi connectivity index (χ1v) is 12.3. The van der Waals surface area contributed by atoms with Crippen molar-refractivity contribution in [3.05, 3.63) is 29.3 Å². The molecule has 29 heavy (non-hydrogen) atoms. The van der Waals surface area contributed by atoms with Crippen molar-refractivity contribution in [1.82, 2.24) is 9.80 Å². The molecule has 2 unspecified atom stereocenters. The largest absolute Gasteiger partial charge is 0.373 e. The third-order valence-corrected chi connectivity index (χ3v) is 6.28. The Morgan fingerprint density at radius 1 is 1.17 bits per heavy atom. The van der Waals surface area contributed by atoms with E-state index in [1.807, 2.05) is 11.8 Å².